The van der Waals surface area contributed by atoms with E-state index in [0.717, 1.165) is 33.6 Å². The number of carboxylic acid groups (broad SMARTS) is 1. The summed E-state index contributed by atoms with van der Waals surface area (Å²) in [6.45, 7) is 6.08. The monoisotopic (exact) mass is 473 g/mol. The van der Waals surface area contributed by atoms with Crippen molar-refractivity contribution in [3.05, 3.63) is 89.5 Å². The number of fused-ring (bicyclic) bond motifs is 3. The minimum Gasteiger partial charge on any atom is -0.488 e. The largest absolute Gasteiger partial charge is 0.488 e. The Hall–Kier alpha value is -3.80. The van der Waals surface area contributed by atoms with Crippen molar-refractivity contribution < 1.29 is 24.2 Å². The molecular weight excluding hydrogens is 442 g/mol. The second kappa shape index (κ2) is 10.2. The fraction of sp³-hybridized carbons (Fsp3) is 0.310. The zero-order valence-electron chi connectivity index (χ0n) is 20.3. The molecule has 0 bridgehead atoms. The standard InChI is InChI=1S/C29H31NO5/c1-29(2,3)35-20-15-12-19(13-16-20)14-17-26(27(31)32)30-28(33)34-18-25-23-10-6-4-8-21(23)22-9-5-7-11-24(22)25/h4-13,15-16,25-26H,14,17-18H2,1-3H3,(H,30,33)(H,31,32). The van der Waals surface area contributed by atoms with Crippen LogP contribution in [0.2, 0.25) is 0 Å². The van der Waals surface area contributed by atoms with E-state index < -0.39 is 18.1 Å². The maximum absolute atomic E-state index is 12.5. The summed E-state index contributed by atoms with van der Waals surface area (Å²) < 4.78 is 11.3. The van der Waals surface area contributed by atoms with Crippen molar-refractivity contribution in [1.82, 2.24) is 5.32 Å². The van der Waals surface area contributed by atoms with Gasteiger partial charge in [0.2, 0.25) is 0 Å². The van der Waals surface area contributed by atoms with Crippen molar-refractivity contribution in [1.29, 1.82) is 0 Å². The topological polar surface area (TPSA) is 84.9 Å². The lowest BCUT2D eigenvalue weighted by Gasteiger charge is -2.21. The molecular formula is C29H31NO5. The number of ether oxygens (including phenoxy) is 2. The fourth-order valence-corrected chi connectivity index (χ4v) is 4.43. The number of amides is 1. The first-order valence-corrected chi connectivity index (χ1v) is 11.8. The van der Waals surface area contributed by atoms with E-state index in [-0.39, 0.29) is 24.5 Å². The summed E-state index contributed by atoms with van der Waals surface area (Å²) in [5.41, 5.74) is 5.17. The zero-order chi connectivity index (χ0) is 25.0. The third-order valence-corrected chi connectivity index (χ3v) is 6.00. The van der Waals surface area contributed by atoms with E-state index in [0.29, 0.717) is 6.42 Å². The van der Waals surface area contributed by atoms with Crippen LogP contribution in [0.15, 0.2) is 72.8 Å². The molecule has 0 aliphatic heterocycles. The van der Waals surface area contributed by atoms with Crippen molar-refractivity contribution in [3.63, 3.8) is 0 Å². The smallest absolute Gasteiger partial charge is 0.407 e. The van der Waals surface area contributed by atoms with E-state index in [1.807, 2.05) is 81.4 Å². The molecule has 1 atom stereocenters. The third-order valence-electron chi connectivity index (χ3n) is 6.00. The lowest BCUT2D eigenvalue weighted by Crippen LogP contribution is -2.41. The molecule has 0 spiro atoms. The Morgan fingerprint density at radius 1 is 0.914 bits per heavy atom. The molecule has 6 heteroatoms. The number of aliphatic carboxylic acids is 1. The van der Waals surface area contributed by atoms with Crippen molar-refractivity contribution >= 4 is 12.1 Å². The number of alkyl carbamates (subject to hydrolysis) is 1. The van der Waals surface area contributed by atoms with Crippen LogP contribution in [0.3, 0.4) is 0 Å². The molecule has 2 N–H and O–H groups in total. The molecule has 1 aliphatic carbocycles. The number of carboxylic acids is 1. The van der Waals surface area contributed by atoms with Crippen molar-refractivity contribution in [2.75, 3.05) is 6.61 Å². The lowest BCUT2D eigenvalue weighted by atomic mass is 9.98. The Kier molecular flexibility index (Phi) is 7.10. The highest BCUT2D eigenvalue weighted by atomic mass is 16.5. The van der Waals surface area contributed by atoms with Gasteiger partial charge in [0.15, 0.2) is 0 Å². The molecule has 182 valence electrons. The van der Waals surface area contributed by atoms with Crippen LogP contribution in [0.1, 0.15) is 49.8 Å². The molecule has 0 saturated heterocycles. The van der Waals surface area contributed by atoms with Crippen LogP contribution < -0.4 is 10.1 Å². The van der Waals surface area contributed by atoms with E-state index in [9.17, 15) is 14.7 Å². The average Bonchev–Trinajstić information content (AvgIpc) is 3.14. The van der Waals surface area contributed by atoms with E-state index in [1.165, 1.54) is 0 Å². The van der Waals surface area contributed by atoms with Crippen LogP contribution in [0, 0.1) is 0 Å². The molecule has 4 rings (SSSR count). The van der Waals surface area contributed by atoms with Gasteiger partial charge in [0.25, 0.3) is 0 Å². The van der Waals surface area contributed by atoms with Gasteiger partial charge >= 0.3 is 12.1 Å². The molecule has 1 aliphatic rings. The predicted octanol–water partition coefficient (Wildman–Crippen LogP) is 5.79. The molecule has 3 aromatic rings. The minimum atomic E-state index is -1.09. The molecule has 0 heterocycles. The summed E-state index contributed by atoms with van der Waals surface area (Å²) in [7, 11) is 0. The molecule has 0 saturated carbocycles. The Balaban J connectivity index is 1.33. The Bertz CT molecular complexity index is 1150. The molecule has 1 unspecified atom stereocenters. The second-order valence-corrected chi connectivity index (χ2v) is 9.76. The Morgan fingerprint density at radius 3 is 2.03 bits per heavy atom. The fourth-order valence-electron chi connectivity index (χ4n) is 4.43. The number of rotatable bonds is 8. The van der Waals surface area contributed by atoms with Crippen LogP contribution in [-0.4, -0.2) is 35.4 Å². The summed E-state index contributed by atoms with van der Waals surface area (Å²) in [5.74, 6) is -0.413. The van der Waals surface area contributed by atoms with Gasteiger partial charge in [-0.1, -0.05) is 60.7 Å². The summed E-state index contributed by atoms with van der Waals surface area (Å²) in [6.07, 6.45) is 0.0169. The molecule has 3 aromatic carbocycles. The van der Waals surface area contributed by atoms with E-state index in [4.69, 9.17) is 9.47 Å². The summed E-state index contributed by atoms with van der Waals surface area (Å²) in [5, 5.41) is 12.1. The number of aryl methyl sites for hydroxylation is 1. The number of hydrogen-bond acceptors (Lipinski definition) is 4. The lowest BCUT2D eigenvalue weighted by molar-refractivity contribution is -0.139. The van der Waals surface area contributed by atoms with Gasteiger partial charge in [-0.2, -0.15) is 0 Å². The highest BCUT2D eigenvalue weighted by Gasteiger charge is 2.29. The van der Waals surface area contributed by atoms with Crippen LogP contribution in [0.4, 0.5) is 4.79 Å². The zero-order valence-corrected chi connectivity index (χ0v) is 20.3. The molecule has 1 amide bonds. The number of carbonyl (C=O) groups is 2. The Morgan fingerprint density at radius 2 is 1.49 bits per heavy atom. The van der Waals surface area contributed by atoms with Crippen LogP contribution in [0.5, 0.6) is 5.75 Å². The average molecular weight is 474 g/mol. The van der Waals surface area contributed by atoms with Crippen molar-refractivity contribution in [2.24, 2.45) is 0 Å². The first-order valence-electron chi connectivity index (χ1n) is 11.8. The molecule has 0 radical (unpaired) electrons. The summed E-state index contributed by atoms with van der Waals surface area (Å²) in [4.78, 5) is 24.3. The first kappa shape index (κ1) is 24.3. The molecule has 35 heavy (non-hydrogen) atoms. The van der Waals surface area contributed by atoms with Gasteiger partial charge in [0, 0.05) is 5.92 Å². The van der Waals surface area contributed by atoms with Crippen LogP contribution in [0.25, 0.3) is 11.1 Å². The SMILES string of the molecule is CC(C)(C)Oc1ccc(CCC(NC(=O)OCC2c3ccccc3-c3ccccc32)C(=O)O)cc1. The van der Waals surface area contributed by atoms with E-state index in [1.54, 1.807) is 0 Å². The van der Waals surface area contributed by atoms with Gasteiger partial charge in [-0.25, -0.2) is 9.59 Å². The van der Waals surface area contributed by atoms with Gasteiger partial charge in [-0.3, -0.25) is 0 Å². The minimum absolute atomic E-state index is 0.0785. The highest BCUT2D eigenvalue weighted by Crippen LogP contribution is 2.44. The molecule has 6 nitrogen and oxygen atoms in total. The molecule has 0 fully saturated rings. The quantitative estimate of drug-likeness (QED) is 0.433. The van der Waals surface area contributed by atoms with E-state index in [2.05, 4.69) is 17.4 Å². The van der Waals surface area contributed by atoms with Gasteiger partial charge in [-0.05, 0) is 73.6 Å². The number of hydrogen-bond donors (Lipinski definition) is 2. The van der Waals surface area contributed by atoms with Gasteiger partial charge in [0.05, 0.1) is 0 Å². The normalized spacial score (nSPS) is 13.5. The van der Waals surface area contributed by atoms with Gasteiger partial charge in [-0.15, -0.1) is 0 Å². The summed E-state index contributed by atoms with van der Waals surface area (Å²) >= 11 is 0. The van der Waals surface area contributed by atoms with Crippen molar-refractivity contribution in [3.8, 4) is 16.9 Å². The van der Waals surface area contributed by atoms with Gasteiger partial charge < -0.3 is 19.9 Å². The maximum Gasteiger partial charge on any atom is 0.407 e. The Labute approximate surface area is 205 Å². The van der Waals surface area contributed by atoms with Crippen molar-refractivity contribution in [2.45, 2.75) is 51.2 Å². The summed E-state index contributed by atoms with van der Waals surface area (Å²) in [6, 6.07) is 22.7. The van der Waals surface area contributed by atoms with Crippen LogP contribution >= 0.6 is 0 Å². The first-order chi connectivity index (χ1) is 16.7. The third kappa shape index (κ3) is 6.01. The number of benzene rings is 3. The highest BCUT2D eigenvalue weighted by molar-refractivity contribution is 5.81. The number of carbonyl (C=O) groups excluding carboxylic acids is 1. The predicted molar refractivity (Wildman–Crippen MR) is 135 cm³/mol. The van der Waals surface area contributed by atoms with Crippen LogP contribution in [-0.2, 0) is 16.0 Å². The second-order valence-electron chi connectivity index (χ2n) is 9.76. The van der Waals surface area contributed by atoms with E-state index >= 15 is 0 Å². The maximum atomic E-state index is 12.5. The van der Waals surface area contributed by atoms with Gasteiger partial charge in [0.1, 0.15) is 24.0 Å². The number of nitrogens with one attached hydrogen (secondary N) is 1. The molecule has 0 aromatic heterocycles.